The number of benzene rings is 3. The monoisotopic (exact) mass is 446 g/mol. The van der Waals surface area contributed by atoms with Crippen molar-refractivity contribution in [1.82, 2.24) is 4.98 Å². The lowest BCUT2D eigenvalue weighted by Gasteiger charge is -2.09. The summed E-state index contributed by atoms with van der Waals surface area (Å²) in [4.78, 5) is 16.7. The fourth-order valence-electron chi connectivity index (χ4n) is 2.68. The molecule has 0 saturated heterocycles. The van der Waals surface area contributed by atoms with Crippen LogP contribution in [0.15, 0.2) is 65.1 Å². The van der Waals surface area contributed by atoms with Crippen LogP contribution >= 0.6 is 34.8 Å². The highest BCUT2D eigenvalue weighted by molar-refractivity contribution is 6.33. The molecule has 0 bridgehead atoms. The van der Waals surface area contributed by atoms with E-state index in [9.17, 15) is 4.79 Å². The fourth-order valence-corrected chi connectivity index (χ4v) is 3.24. The molecule has 3 aromatic carbocycles. The normalized spacial score (nSPS) is 10.9. The van der Waals surface area contributed by atoms with Crippen molar-refractivity contribution in [1.29, 1.82) is 0 Å². The molecule has 0 unspecified atom stereocenters. The van der Waals surface area contributed by atoms with E-state index in [4.69, 9.17) is 44.0 Å². The van der Waals surface area contributed by atoms with Gasteiger partial charge in [-0.15, -0.1) is 0 Å². The smallest absolute Gasteiger partial charge is 0.262 e. The number of hydrogen-bond acceptors (Lipinski definition) is 4. The summed E-state index contributed by atoms with van der Waals surface area (Å²) in [7, 11) is 0. The summed E-state index contributed by atoms with van der Waals surface area (Å²) in [6, 6.07) is 17.1. The maximum absolute atomic E-state index is 12.2. The van der Waals surface area contributed by atoms with E-state index in [0.29, 0.717) is 49.1 Å². The molecule has 0 aliphatic rings. The molecule has 1 heterocycles. The zero-order chi connectivity index (χ0) is 20.4. The number of anilines is 1. The van der Waals surface area contributed by atoms with Crippen molar-refractivity contribution in [2.75, 3.05) is 11.9 Å². The largest absolute Gasteiger partial charge is 0.482 e. The number of halogens is 3. The number of amides is 1. The molecule has 1 N–H and O–H groups in total. The maximum atomic E-state index is 12.2. The Kier molecular flexibility index (Phi) is 5.62. The molecule has 0 fully saturated rings. The van der Waals surface area contributed by atoms with E-state index in [2.05, 4.69) is 10.3 Å². The summed E-state index contributed by atoms with van der Waals surface area (Å²) in [6.07, 6.45) is 0. The Labute approximate surface area is 181 Å². The predicted octanol–water partition coefficient (Wildman–Crippen LogP) is 6.47. The van der Waals surface area contributed by atoms with E-state index < -0.39 is 0 Å². The van der Waals surface area contributed by atoms with E-state index in [1.165, 1.54) is 0 Å². The van der Waals surface area contributed by atoms with Gasteiger partial charge in [-0.05, 0) is 48.5 Å². The second-order valence-corrected chi connectivity index (χ2v) is 7.34. The van der Waals surface area contributed by atoms with Gasteiger partial charge in [-0.2, -0.15) is 0 Å². The van der Waals surface area contributed by atoms with Gasteiger partial charge in [0.05, 0.1) is 15.6 Å². The minimum absolute atomic E-state index is 0.191. The standard InChI is InChI=1S/C21H13Cl3N2O3/c22-12-5-8-19-17(9-12)26-21(29-19)14-10-13(6-7-15(14)23)25-20(27)11-28-18-4-2-1-3-16(18)24/h1-10H,11H2,(H,25,27). The number of fused-ring (bicyclic) bond motifs is 1. The van der Waals surface area contributed by atoms with Gasteiger partial charge in [0.1, 0.15) is 11.3 Å². The van der Waals surface area contributed by atoms with Crippen LogP contribution in [0.1, 0.15) is 0 Å². The third-order valence-corrected chi connectivity index (χ3v) is 4.90. The molecule has 0 atom stereocenters. The average Bonchev–Trinajstić information content (AvgIpc) is 3.11. The summed E-state index contributed by atoms with van der Waals surface area (Å²) in [5.74, 6) is 0.421. The summed E-state index contributed by atoms with van der Waals surface area (Å²) in [6.45, 7) is -0.191. The lowest BCUT2D eigenvalue weighted by Crippen LogP contribution is -2.20. The van der Waals surface area contributed by atoms with Gasteiger partial charge in [-0.3, -0.25) is 4.79 Å². The summed E-state index contributed by atoms with van der Waals surface area (Å²) >= 11 is 18.3. The average molecular weight is 448 g/mol. The van der Waals surface area contributed by atoms with Gasteiger partial charge < -0.3 is 14.5 Å². The number of hydrogen-bond donors (Lipinski definition) is 1. The third kappa shape index (κ3) is 4.48. The highest BCUT2D eigenvalue weighted by Gasteiger charge is 2.14. The van der Waals surface area contributed by atoms with Crippen LogP contribution in [-0.4, -0.2) is 17.5 Å². The van der Waals surface area contributed by atoms with Crippen LogP contribution in [0.5, 0.6) is 5.75 Å². The molecule has 0 spiro atoms. The molecular formula is C21H13Cl3N2O3. The minimum Gasteiger partial charge on any atom is -0.482 e. The van der Waals surface area contributed by atoms with Gasteiger partial charge in [0.2, 0.25) is 5.89 Å². The molecule has 5 nitrogen and oxygen atoms in total. The quantitative estimate of drug-likeness (QED) is 0.381. The van der Waals surface area contributed by atoms with E-state index in [-0.39, 0.29) is 12.5 Å². The molecule has 8 heteroatoms. The molecule has 0 radical (unpaired) electrons. The molecule has 1 aromatic heterocycles. The zero-order valence-corrected chi connectivity index (χ0v) is 17.1. The van der Waals surface area contributed by atoms with Crippen LogP contribution in [0.4, 0.5) is 5.69 Å². The number of carbonyl (C=O) groups excluding carboxylic acids is 1. The molecular weight excluding hydrogens is 435 g/mol. The second-order valence-electron chi connectivity index (χ2n) is 6.09. The van der Waals surface area contributed by atoms with Crippen molar-refractivity contribution in [3.8, 4) is 17.2 Å². The number of aromatic nitrogens is 1. The van der Waals surface area contributed by atoms with Crippen molar-refractivity contribution in [2.45, 2.75) is 0 Å². The van der Waals surface area contributed by atoms with Crippen LogP contribution in [0.2, 0.25) is 15.1 Å². The summed E-state index contributed by atoms with van der Waals surface area (Å²) in [5.41, 5.74) is 2.27. The van der Waals surface area contributed by atoms with Crippen molar-refractivity contribution in [3.63, 3.8) is 0 Å². The highest BCUT2D eigenvalue weighted by Crippen LogP contribution is 2.33. The van der Waals surface area contributed by atoms with E-state index in [1.54, 1.807) is 60.7 Å². The lowest BCUT2D eigenvalue weighted by atomic mass is 10.2. The Morgan fingerprint density at radius 1 is 1.00 bits per heavy atom. The van der Waals surface area contributed by atoms with Crippen LogP contribution in [0, 0.1) is 0 Å². The topological polar surface area (TPSA) is 64.4 Å². The van der Waals surface area contributed by atoms with Crippen molar-refractivity contribution < 1.29 is 13.9 Å². The Balaban J connectivity index is 1.51. The Hall–Kier alpha value is -2.73. The number of nitrogens with one attached hydrogen (secondary N) is 1. The number of rotatable bonds is 5. The first-order valence-electron chi connectivity index (χ1n) is 8.53. The number of ether oxygens (including phenoxy) is 1. The Morgan fingerprint density at radius 3 is 2.66 bits per heavy atom. The number of carbonyl (C=O) groups is 1. The molecule has 4 aromatic rings. The van der Waals surface area contributed by atoms with Crippen molar-refractivity contribution in [2.24, 2.45) is 0 Å². The van der Waals surface area contributed by atoms with Crippen molar-refractivity contribution in [3.05, 3.63) is 75.7 Å². The predicted molar refractivity (Wildman–Crippen MR) is 115 cm³/mol. The minimum atomic E-state index is -0.345. The first-order valence-corrected chi connectivity index (χ1v) is 9.66. The van der Waals surface area contributed by atoms with Crippen LogP contribution in [0.3, 0.4) is 0 Å². The molecule has 0 saturated carbocycles. The number of para-hydroxylation sites is 1. The molecule has 0 aliphatic carbocycles. The number of nitrogens with zero attached hydrogens (tertiary/aromatic N) is 1. The fraction of sp³-hybridized carbons (Fsp3) is 0.0476. The first kappa shape index (κ1) is 19.6. The zero-order valence-electron chi connectivity index (χ0n) is 14.8. The SMILES string of the molecule is O=C(COc1ccccc1Cl)Nc1ccc(Cl)c(-c2nc3cc(Cl)ccc3o2)c1. The van der Waals surface area contributed by atoms with Gasteiger partial charge in [0, 0.05) is 10.7 Å². The van der Waals surface area contributed by atoms with Crippen LogP contribution in [0.25, 0.3) is 22.6 Å². The van der Waals surface area contributed by atoms with Gasteiger partial charge >= 0.3 is 0 Å². The van der Waals surface area contributed by atoms with E-state index >= 15 is 0 Å². The Morgan fingerprint density at radius 2 is 1.83 bits per heavy atom. The van der Waals surface area contributed by atoms with Gasteiger partial charge in [0.15, 0.2) is 12.2 Å². The second kappa shape index (κ2) is 8.33. The molecule has 146 valence electrons. The van der Waals surface area contributed by atoms with Crippen molar-refractivity contribution >= 4 is 57.5 Å². The van der Waals surface area contributed by atoms with Gasteiger partial charge in [-0.25, -0.2) is 4.98 Å². The van der Waals surface area contributed by atoms with Crippen LogP contribution < -0.4 is 10.1 Å². The molecule has 4 rings (SSSR count). The highest BCUT2D eigenvalue weighted by atomic mass is 35.5. The number of oxazole rings is 1. The van der Waals surface area contributed by atoms with Crippen LogP contribution in [-0.2, 0) is 4.79 Å². The summed E-state index contributed by atoms with van der Waals surface area (Å²) in [5, 5.41) is 4.19. The molecule has 29 heavy (non-hydrogen) atoms. The Bertz CT molecular complexity index is 1210. The van der Waals surface area contributed by atoms with Gasteiger partial charge in [0.25, 0.3) is 5.91 Å². The van der Waals surface area contributed by atoms with E-state index in [1.807, 2.05) is 0 Å². The maximum Gasteiger partial charge on any atom is 0.262 e. The third-order valence-electron chi connectivity index (χ3n) is 4.03. The van der Waals surface area contributed by atoms with E-state index in [0.717, 1.165) is 0 Å². The lowest BCUT2D eigenvalue weighted by molar-refractivity contribution is -0.118. The molecule has 1 amide bonds. The summed E-state index contributed by atoms with van der Waals surface area (Å²) < 4.78 is 11.2. The first-order chi connectivity index (χ1) is 14.0. The van der Waals surface area contributed by atoms with Gasteiger partial charge in [-0.1, -0.05) is 46.9 Å². The molecule has 0 aliphatic heterocycles.